The molecule has 1 atom stereocenters. The molecule has 0 aliphatic carbocycles. The van der Waals surface area contributed by atoms with Crippen molar-refractivity contribution in [2.75, 3.05) is 32.5 Å². The second-order valence-electron chi connectivity index (χ2n) is 7.15. The SMILES string of the molecule is CC(C)NC(=O)c1ccccc1NC(=O)[C@H]1CCCN(S(=O)(=O)N(C)C)C1. The predicted molar refractivity (Wildman–Crippen MR) is 105 cm³/mol. The van der Waals surface area contributed by atoms with Crippen LogP contribution in [0.25, 0.3) is 0 Å². The topological polar surface area (TPSA) is 98.8 Å². The van der Waals surface area contributed by atoms with Crippen LogP contribution in [0.1, 0.15) is 37.0 Å². The number of para-hydroxylation sites is 1. The van der Waals surface area contributed by atoms with Gasteiger partial charge in [0.15, 0.2) is 0 Å². The van der Waals surface area contributed by atoms with E-state index in [1.54, 1.807) is 24.3 Å². The molecule has 0 saturated carbocycles. The first-order valence-electron chi connectivity index (χ1n) is 9.01. The molecule has 0 bridgehead atoms. The minimum Gasteiger partial charge on any atom is -0.350 e. The first kappa shape index (κ1) is 21.3. The Balaban J connectivity index is 2.13. The van der Waals surface area contributed by atoms with Crippen LogP contribution < -0.4 is 10.6 Å². The minimum absolute atomic E-state index is 0.0237. The van der Waals surface area contributed by atoms with Crippen molar-refractivity contribution in [1.82, 2.24) is 13.9 Å². The molecule has 150 valence electrons. The maximum Gasteiger partial charge on any atom is 0.281 e. The number of nitrogens with one attached hydrogen (secondary N) is 2. The normalized spacial score (nSPS) is 18.5. The summed E-state index contributed by atoms with van der Waals surface area (Å²) >= 11 is 0. The first-order chi connectivity index (χ1) is 12.6. The van der Waals surface area contributed by atoms with E-state index in [9.17, 15) is 18.0 Å². The fourth-order valence-electron chi connectivity index (χ4n) is 2.96. The molecule has 9 heteroatoms. The molecule has 1 aliphatic rings. The molecular weight excluding hydrogens is 368 g/mol. The van der Waals surface area contributed by atoms with Crippen molar-refractivity contribution >= 4 is 27.7 Å². The van der Waals surface area contributed by atoms with Crippen molar-refractivity contribution in [3.8, 4) is 0 Å². The molecule has 2 amide bonds. The van der Waals surface area contributed by atoms with Gasteiger partial charge in [-0.05, 0) is 38.8 Å². The number of amides is 2. The Morgan fingerprint density at radius 1 is 1.22 bits per heavy atom. The van der Waals surface area contributed by atoms with Crippen LogP contribution >= 0.6 is 0 Å². The lowest BCUT2D eigenvalue weighted by molar-refractivity contribution is -0.120. The van der Waals surface area contributed by atoms with Crippen LogP contribution in [0.5, 0.6) is 0 Å². The van der Waals surface area contributed by atoms with Gasteiger partial charge in [-0.15, -0.1) is 0 Å². The van der Waals surface area contributed by atoms with Crippen molar-refractivity contribution < 1.29 is 18.0 Å². The second-order valence-corrected chi connectivity index (χ2v) is 9.29. The Hall–Kier alpha value is -1.97. The molecule has 1 fully saturated rings. The fourth-order valence-corrected chi connectivity index (χ4v) is 4.15. The van der Waals surface area contributed by atoms with Gasteiger partial charge in [-0.3, -0.25) is 9.59 Å². The predicted octanol–water partition coefficient (Wildman–Crippen LogP) is 1.28. The third-order valence-electron chi connectivity index (χ3n) is 4.39. The molecule has 1 aromatic carbocycles. The van der Waals surface area contributed by atoms with E-state index in [4.69, 9.17) is 0 Å². The van der Waals surface area contributed by atoms with Gasteiger partial charge < -0.3 is 10.6 Å². The summed E-state index contributed by atoms with van der Waals surface area (Å²) in [5, 5.41) is 5.61. The average Bonchev–Trinajstić information content (AvgIpc) is 2.61. The van der Waals surface area contributed by atoms with Crippen LogP contribution in [0.2, 0.25) is 0 Å². The van der Waals surface area contributed by atoms with E-state index >= 15 is 0 Å². The zero-order valence-electron chi connectivity index (χ0n) is 16.2. The van der Waals surface area contributed by atoms with Crippen LogP contribution in [0, 0.1) is 5.92 Å². The zero-order valence-corrected chi connectivity index (χ0v) is 17.0. The maximum atomic E-state index is 12.7. The molecule has 1 heterocycles. The summed E-state index contributed by atoms with van der Waals surface area (Å²) in [5.74, 6) is -1.01. The van der Waals surface area contributed by atoms with E-state index in [0.29, 0.717) is 30.6 Å². The minimum atomic E-state index is -3.55. The van der Waals surface area contributed by atoms with Gasteiger partial charge in [0.2, 0.25) is 5.91 Å². The van der Waals surface area contributed by atoms with Crippen molar-refractivity contribution in [2.24, 2.45) is 5.92 Å². The summed E-state index contributed by atoms with van der Waals surface area (Å²) in [6.45, 7) is 4.26. The van der Waals surface area contributed by atoms with E-state index in [-0.39, 0.29) is 24.4 Å². The highest BCUT2D eigenvalue weighted by Gasteiger charge is 2.33. The third kappa shape index (κ3) is 5.27. The zero-order chi connectivity index (χ0) is 20.2. The van der Waals surface area contributed by atoms with Crippen LogP contribution in [0.4, 0.5) is 5.69 Å². The van der Waals surface area contributed by atoms with E-state index in [1.165, 1.54) is 18.4 Å². The molecule has 1 saturated heterocycles. The van der Waals surface area contributed by atoms with Gasteiger partial charge in [-0.25, -0.2) is 0 Å². The Morgan fingerprint density at radius 2 is 1.89 bits per heavy atom. The Labute approximate surface area is 161 Å². The van der Waals surface area contributed by atoms with E-state index in [0.717, 1.165) is 4.31 Å². The number of rotatable bonds is 6. The quantitative estimate of drug-likeness (QED) is 0.757. The highest BCUT2D eigenvalue weighted by Crippen LogP contribution is 2.23. The standard InChI is InChI=1S/C18H28N4O4S/c1-13(2)19-18(24)15-9-5-6-10-16(15)20-17(23)14-8-7-11-22(12-14)27(25,26)21(3)4/h5-6,9-10,13-14H,7-8,11-12H2,1-4H3,(H,19,24)(H,20,23)/t14-/m0/s1. The Morgan fingerprint density at radius 3 is 2.52 bits per heavy atom. The molecule has 2 N–H and O–H groups in total. The van der Waals surface area contributed by atoms with E-state index in [2.05, 4.69) is 10.6 Å². The van der Waals surface area contributed by atoms with Crippen LogP contribution in [0.15, 0.2) is 24.3 Å². The number of carbonyl (C=O) groups excluding carboxylic acids is 2. The molecule has 0 unspecified atom stereocenters. The van der Waals surface area contributed by atoms with Crippen LogP contribution in [-0.2, 0) is 15.0 Å². The summed E-state index contributed by atoms with van der Waals surface area (Å²) in [5.41, 5.74) is 0.807. The number of hydrogen-bond donors (Lipinski definition) is 2. The molecular formula is C18H28N4O4S. The number of anilines is 1. The van der Waals surface area contributed by atoms with Crippen molar-refractivity contribution in [3.05, 3.63) is 29.8 Å². The van der Waals surface area contributed by atoms with Gasteiger partial charge in [-0.2, -0.15) is 17.0 Å². The fraction of sp³-hybridized carbons (Fsp3) is 0.556. The molecule has 2 rings (SSSR count). The van der Waals surface area contributed by atoms with E-state index < -0.39 is 16.1 Å². The molecule has 0 radical (unpaired) electrons. The van der Waals surface area contributed by atoms with Gasteiger partial charge in [0.05, 0.1) is 17.2 Å². The third-order valence-corrected chi connectivity index (χ3v) is 6.30. The molecule has 27 heavy (non-hydrogen) atoms. The summed E-state index contributed by atoms with van der Waals surface area (Å²) in [6.07, 6.45) is 1.21. The lowest BCUT2D eigenvalue weighted by Gasteiger charge is -2.32. The number of piperidine rings is 1. The van der Waals surface area contributed by atoms with Gasteiger partial charge in [0.25, 0.3) is 16.1 Å². The highest BCUT2D eigenvalue weighted by atomic mass is 32.2. The van der Waals surface area contributed by atoms with Crippen molar-refractivity contribution in [3.63, 3.8) is 0 Å². The average molecular weight is 397 g/mol. The molecule has 0 spiro atoms. The van der Waals surface area contributed by atoms with Gasteiger partial charge in [0, 0.05) is 33.2 Å². The summed E-state index contributed by atoms with van der Waals surface area (Å²) in [6, 6.07) is 6.77. The van der Waals surface area contributed by atoms with Crippen LogP contribution in [0.3, 0.4) is 0 Å². The summed E-state index contributed by atoms with van der Waals surface area (Å²) < 4.78 is 27.1. The summed E-state index contributed by atoms with van der Waals surface area (Å²) in [7, 11) is -0.602. The number of benzene rings is 1. The number of carbonyl (C=O) groups is 2. The molecule has 0 aromatic heterocycles. The first-order valence-corrected chi connectivity index (χ1v) is 10.4. The number of hydrogen-bond acceptors (Lipinski definition) is 4. The Kier molecular flexibility index (Phi) is 6.96. The van der Waals surface area contributed by atoms with Gasteiger partial charge in [0.1, 0.15) is 0 Å². The van der Waals surface area contributed by atoms with Gasteiger partial charge in [-0.1, -0.05) is 12.1 Å². The van der Waals surface area contributed by atoms with Crippen molar-refractivity contribution in [2.45, 2.75) is 32.7 Å². The summed E-state index contributed by atoms with van der Waals surface area (Å²) in [4.78, 5) is 25.1. The Bertz CT molecular complexity index is 792. The smallest absolute Gasteiger partial charge is 0.281 e. The van der Waals surface area contributed by atoms with Gasteiger partial charge >= 0.3 is 0 Å². The monoisotopic (exact) mass is 396 g/mol. The maximum absolute atomic E-state index is 12.7. The molecule has 8 nitrogen and oxygen atoms in total. The highest BCUT2D eigenvalue weighted by molar-refractivity contribution is 7.86. The van der Waals surface area contributed by atoms with Crippen molar-refractivity contribution in [1.29, 1.82) is 0 Å². The largest absolute Gasteiger partial charge is 0.350 e. The lowest BCUT2D eigenvalue weighted by atomic mass is 9.98. The van der Waals surface area contributed by atoms with E-state index in [1.807, 2.05) is 13.8 Å². The number of nitrogens with zero attached hydrogens (tertiary/aromatic N) is 2. The second kappa shape index (κ2) is 8.81. The molecule has 1 aromatic rings. The molecule has 1 aliphatic heterocycles. The van der Waals surface area contributed by atoms with Crippen LogP contribution in [-0.4, -0.2) is 62.1 Å². The lowest BCUT2D eigenvalue weighted by Crippen LogP contribution is -2.47.